The van der Waals surface area contributed by atoms with Gasteiger partial charge in [0.1, 0.15) is 17.6 Å². The average molecular weight is 286 g/mol. The van der Waals surface area contributed by atoms with Crippen LogP contribution in [0.2, 0.25) is 0 Å². The first-order valence-electron chi connectivity index (χ1n) is 6.85. The van der Waals surface area contributed by atoms with Crippen LogP contribution in [0, 0.1) is 0 Å². The van der Waals surface area contributed by atoms with Gasteiger partial charge in [-0.2, -0.15) is 0 Å². The van der Waals surface area contributed by atoms with Gasteiger partial charge in [-0.3, -0.25) is 0 Å². The van der Waals surface area contributed by atoms with Gasteiger partial charge in [0.05, 0.1) is 20.8 Å². The van der Waals surface area contributed by atoms with E-state index in [1.807, 2.05) is 48.5 Å². The molecule has 0 aliphatic carbocycles. The first-order valence-corrected chi connectivity index (χ1v) is 6.85. The summed E-state index contributed by atoms with van der Waals surface area (Å²) in [6, 6.07) is 15.6. The quantitative estimate of drug-likeness (QED) is 0.862. The fraction of sp³-hybridized carbons (Fsp3) is 0.294. The van der Waals surface area contributed by atoms with Crippen molar-refractivity contribution in [1.29, 1.82) is 0 Å². The van der Waals surface area contributed by atoms with Gasteiger partial charge in [0.15, 0.2) is 6.29 Å². The molecule has 1 heterocycles. The lowest BCUT2D eigenvalue weighted by molar-refractivity contribution is -0.0610. The molecule has 1 aliphatic heterocycles. The lowest BCUT2D eigenvalue weighted by Gasteiger charge is -2.15. The van der Waals surface area contributed by atoms with Gasteiger partial charge >= 0.3 is 0 Å². The summed E-state index contributed by atoms with van der Waals surface area (Å²) in [4.78, 5) is 0. The van der Waals surface area contributed by atoms with Gasteiger partial charge in [-0.05, 0) is 18.2 Å². The third-order valence-corrected chi connectivity index (χ3v) is 3.54. The van der Waals surface area contributed by atoms with E-state index >= 15 is 0 Å². The van der Waals surface area contributed by atoms with Crippen LogP contribution < -0.4 is 9.47 Å². The SMILES string of the molecule is COc1ccc(OC)c(C2COC(c3ccccc3)O2)c1. The molecule has 2 aromatic rings. The van der Waals surface area contributed by atoms with Crippen LogP contribution in [0.5, 0.6) is 11.5 Å². The number of methoxy groups -OCH3 is 2. The molecule has 0 amide bonds. The van der Waals surface area contributed by atoms with Crippen LogP contribution in [-0.4, -0.2) is 20.8 Å². The van der Waals surface area contributed by atoms with Crippen LogP contribution in [0.15, 0.2) is 48.5 Å². The molecule has 4 heteroatoms. The Morgan fingerprint density at radius 2 is 1.81 bits per heavy atom. The van der Waals surface area contributed by atoms with Crippen molar-refractivity contribution in [1.82, 2.24) is 0 Å². The maximum atomic E-state index is 6.02. The van der Waals surface area contributed by atoms with Gasteiger partial charge in [0.2, 0.25) is 0 Å². The molecule has 2 aromatic carbocycles. The summed E-state index contributed by atoms with van der Waals surface area (Å²) >= 11 is 0. The van der Waals surface area contributed by atoms with Gasteiger partial charge in [-0.25, -0.2) is 0 Å². The first kappa shape index (κ1) is 13.9. The maximum Gasteiger partial charge on any atom is 0.184 e. The number of rotatable bonds is 4. The van der Waals surface area contributed by atoms with Crippen LogP contribution in [0.1, 0.15) is 23.5 Å². The van der Waals surface area contributed by atoms with Crippen LogP contribution in [0.4, 0.5) is 0 Å². The van der Waals surface area contributed by atoms with E-state index in [0.717, 1.165) is 22.6 Å². The lowest BCUT2D eigenvalue weighted by atomic mass is 10.1. The summed E-state index contributed by atoms with van der Waals surface area (Å²) in [5, 5.41) is 0. The van der Waals surface area contributed by atoms with E-state index < -0.39 is 0 Å². The second-order valence-electron chi connectivity index (χ2n) is 4.81. The number of benzene rings is 2. The van der Waals surface area contributed by atoms with E-state index in [4.69, 9.17) is 18.9 Å². The molecular weight excluding hydrogens is 268 g/mol. The van der Waals surface area contributed by atoms with Gasteiger partial charge in [-0.1, -0.05) is 30.3 Å². The molecule has 21 heavy (non-hydrogen) atoms. The highest BCUT2D eigenvalue weighted by Crippen LogP contribution is 2.39. The molecule has 3 rings (SSSR count). The predicted molar refractivity (Wildman–Crippen MR) is 78.5 cm³/mol. The summed E-state index contributed by atoms with van der Waals surface area (Å²) in [5.41, 5.74) is 1.96. The molecule has 1 aliphatic rings. The zero-order valence-electron chi connectivity index (χ0n) is 12.1. The summed E-state index contributed by atoms with van der Waals surface area (Å²) in [6.45, 7) is 0.489. The Balaban J connectivity index is 1.83. The Kier molecular flexibility index (Phi) is 4.08. The molecule has 0 saturated carbocycles. The highest BCUT2D eigenvalue weighted by Gasteiger charge is 2.30. The van der Waals surface area contributed by atoms with Crippen molar-refractivity contribution >= 4 is 0 Å². The maximum absolute atomic E-state index is 6.02. The minimum atomic E-state index is -0.341. The Morgan fingerprint density at radius 3 is 2.52 bits per heavy atom. The first-order chi connectivity index (χ1) is 10.3. The molecule has 0 radical (unpaired) electrons. The highest BCUT2D eigenvalue weighted by molar-refractivity contribution is 5.42. The second kappa shape index (κ2) is 6.16. The normalized spacial score (nSPS) is 21.2. The molecule has 0 spiro atoms. The fourth-order valence-corrected chi connectivity index (χ4v) is 2.44. The summed E-state index contributed by atoms with van der Waals surface area (Å²) in [7, 11) is 3.29. The topological polar surface area (TPSA) is 36.9 Å². The van der Waals surface area contributed by atoms with Crippen molar-refractivity contribution in [3.8, 4) is 11.5 Å². The van der Waals surface area contributed by atoms with E-state index in [2.05, 4.69) is 0 Å². The predicted octanol–water partition coefficient (Wildman–Crippen LogP) is 3.49. The van der Waals surface area contributed by atoms with E-state index in [1.165, 1.54) is 0 Å². The Morgan fingerprint density at radius 1 is 1.00 bits per heavy atom. The van der Waals surface area contributed by atoms with Crippen molar-refractivity contribution in [2.75, 3.05) is 20.8 Å². The molecule has 0 bridgehead atoms. The lowest BCUT2D eigenvalue weighted by Crippen LogP contribution is -2.04. The van der Waals surface area contributed by atoms with Gasteiger partial charge < -0.3 is 18.9 Å². The molecule has 4 nitrogen and oxygen atoms in total. The van der Waals surface area contributed by atoms with Crippen LogP contribution in [0.25, 0.3) is 0 Å². The standard InChI is InChI=1S/C17H18O4/c1-18-13-8-9-15(19-2)14(10-13)16-11-20-17(21-16)12-6-4-3-5-7-12/h3-10,16-17H,11H2,1-2H3. The Labute approximate surface area is 124 Å². The number of hydrogen-bond donors (Lipinski definition) is 0. The molecule has 0 aromatic heterocycles. The van der Waals surface area contributed by atoms with Crippen molar-refractivity contribution in [3.63, 3.8) is 0 Å². The second-order valence-corrected chi connectivity index (χ2v) is 4.81. The Bertz CT molecular complexity index is 597. The summed E-state index contributed by atoms with van der Waals surface area (Å²) < 4.78 is 22.5. The van der Waals surface area contributed by atoms with E-state index in [0.29, 0.717) is 6.61 Å². The average Bonchev–Trinajstić information content (AvgIpc) is 3.05. The van der Waals surface area contributed by atoms with E-state index in [1.54, 1.807) is 14.2 Å². The molecule has 1 fully saturated rings. The molecule has 2 unspecified atom stereocenters. The molecule has 1 saturated heterocycles. The summed E-state index contributed by atoms with van der Waals surface area (Å²) in [6.07, 6.45) is -0.507. The molecular formula is C17H18O4. The zero-order chi connectivity index (χ0) is 14.7. The van der Waals surface area contributed by atoms with Gasteiger partial charge in [-0.15, -0.1) is 0 Å². The van der Waals surface area contributed by atoms with Crippen LogP contribution in [0.3, 0.4) is 0 Å². The highest BCUT2D eigenvalue weighted by atomic mass is 16.7. The monoisotopic (exact) mass is 286 g/mol. The largest absolute Gasteiger partial charge is 0.497 e. The molecule has 2 atom stereocenters. The van der Waals surface area contributed by atoms with Crippen molar-refractivity contribution in [2.24, 2.45) is 0 Å². The third-order valence-electron chi connectivity index (χ3n) is 3.54. The van der Waals surface area contributed by atoms with E-state index in [9.17, 15) is 0 Å². The van der Waals surface area contributed by atoms with Crippen LogP contribution >= 0.6 is 0 Å². The minimum absolute atomic E-state index is 0.166. The van der Waals surface area contributed by atoms with Gasteiger partial charge in [0, 0.05) is 11.1 Å². The number of ether oxygens (including phenoxy) is 4. The van der Waals surface area contributed by atoms with Crippen molar-refractivity contribution in [3.05, 3.63) is 59.7 Å². The smallest absolute Gasteiger partial charge is 0.184 e. The van der Waals surface area contributed by atoms with Gasteiger partial charge in [0.25, 0.3) is 0 Å². The van der Waals surface area contributed by atoms with Crippen molar-refractivity contribution in [2.45, 2.75) is 12.4 Å². The minimum Gasteiger partial charge on any atom is -0.497 e. The zero-order valence-corrected chi connectivity index (χ0v) is 12.1. The Hall–Kier alpha value is -2.04. The van der Waals surface area contributed by atoms with E-state index in [-0.39, 0.29) is 12.4 Å². The van der Waals surface area contributed by atoms with Crippen LogP contribution in [-0.2, 0) is 9.47 Å². The molecule has 110 valence electrons. The number of hydrogen-bond acceptors (Lipinski definition) is 4. The summed E-state index contributed by atoms with van der Waals surface area (Å²) in [5.74, 6) is 1.55. The molecule has 0 N–H and O–H groups in total. The third kappa shape index (κ3) is 2.86. The van der Waals surface area contributed by atoms with Crippen molar-refractivity contribution < 1.29 is 18.9 Å². The fourth-order valence-electron chi connectivity index (χ4n) is 2.44.